The molecule has 0 saturated carbocycles. The minimum Gasteiger partial charge on any atom is -0.314 e. The second-order valence-electron chi connectivity index (χ2n) is 3.72. The zero-order chi connectivity index (χ0) is 13.2. The average Bonchev–Trinajstić information content (AvgIpc) is 3.02. The lowest BCUT2D eigenvalue weighted by Crippen LogP contribution is -2.32. The first kappa shape index (κ1) is 12.3. The van der Waals surface area contributed by atoms with Crippen LogP contribution in [0.3, 0.4) is 0 Å². The Morgan fingerprint density at radius 2 is 2.42 bits per heavy atom. The van der Waals surface area contributed by atoms with Crippen molar-refractivity contribution in [2.45, 2.75) is 6.04 Å². The highest BCUT2D eigenvalue weighted by Gasteiger charge is 2.42. The van der Waals surface area contributed by atoms with E-state index in [4.69, 9.17) is 9.54 Å². The summed E-state index contributed by atoms with van der Waals surface area (Å²) < 4.78 is 9.04. The van der Waals surface area contributed by atoms with Crippen LogP contribution in [0, 0.1) is 0 Å². The summed E-state index contributed by atoms with van der Waals surface area (Å²) in [5.74, 6) is 0. The lowest BCUT2D eigenvalue weighted by molar-refractivity contribution is -0.435. The van der Waals surface area contributed by atoms with Crippen molar-refractivity contribution in [1.29, 1.82) is 0 Å². The molecule has 0 radical (unpaired) electrons. The second kappa shape index (κ2) is 5.10. The van der Waals surface area contributed by atoms with Gasteiger partial charge >= 0.3 is 6.03 Å². The van der Waals surface area contributed by atoms with Gasteiger partial charge in [0.25, 0.3) is 0 Å². The van der Waals surface area contributed by atoms with Gasteiger partial charge in [-0.3, -0.25) is 0 Å². The quantitative estimate of drug-likeness (QED) is 0.333. The van der Waals surface area contributed by atoms with E-state index in [0.717, 1.165) is 10.8 Å². The van der Waals surface area contributed by atoms with Gasteiger partial charge in [-0.1, -0.05) is 5.04 Å². The molecular weight excluding hydrogens is 280 g/mol. The first-order valence-corrected chi connectivity index (χ1v) is 5.80. The summed E-state index contributed by atoms with van der Waals surface area (Å²) in [5.41, 5.74) is 0.720. The normalized spacial score (nSPS) is 22.1. The highest BCUT2D eigenvalue weighted by molar-refractivity contribution is 7.89. The van der Waals surface area contributed by atoms with Crippen LogP contribution < -0.4 is 0 Å². The molecule has 1 N–H and O–H groups in total. The number of urea groups is 1. The van der Waals surface area contributed by atoms with Crippen molar-refractivity contribution in [3.63, 3.8) is 0 Å². The SMILES string of the molecule is O=C1N2CC(n3ncnn3)=CC(C2)N1OSOOO. The fourth-order valence-corrected chi connectivity index (χ4v) is 2.25. The third kappa shape index (κ3) is 2.26. The lowest BCUT2D eigenvalue weighted by Gasteiger charge is -2.19. The number of carbonyl (C=O) groups excluding carboxylic acids is 1. The highest BCUT2D eigenvalue weighted by Crippen LogP contribution is 2.28. The van der Waals surface area contributed by atoms with Crippen LogP contribution in [0.4, 0.5) is 4.79 Å². The van der Waals surface area contributed by atoms with E-state index in [1.54, 1.807) is 11.0 Å². The smallest absolute Gasteiger partial charge is 0.314 e. The maximum Gasteiger partial charge on any atom is 0.346 e. The number of fused-ring (bicyclic) bond motifs is 2. The molecule has 1 aromatic heterocycles. The van der Waals surface area contributed by atoms with Gasteiger partial charge in [0.2, 0.25) is 12.3 Å². The Bertz CT molecular complexity index is 494. The molecule has 2 aliphatic heterocycles. The van der Waals surface area contributed by atoms with Crippen molar-refractivity contribution >= 4 is 24.1 Å². The van der Waals surface area contributed by atoms with E-state index in [1.165, 1.54) is 11.1 Å². The molecule has 0 aliphatic carbocycles. The summed E-state index contributed by atoms with van der Waals surface area (Å²) in [7, 11) is 0. The molecule has 2 aliphatic rings. The van der Waals surface area contributed by atoms with Gasteiger partial charge in [-0.15, -0.1) is 19.3 Å². The Hall–Kier alpha value is -1.73. The van der Waals surface area contributed by atoms with Crippen LogP contribution in [-0.2, 0) is 13.7 Å². The minimum atomic E-state index is -0.328. The van der Waals surface area contributed by atoms with E-state index < -0.39 is 0 Å². The molecule has 1 atom stereocenters. The van der Waals surface area contributed by atoms with Crippen molar-refractivity contribution in [1.82, 2.24) is 30.2 Å². The molecule has 11 nitrogen and oxygen atoms in total. The number of nitrogens with zero attached hydrogens (tertiary/aromatic N) is 6. The summed E-state index contributed by atoms with van der Waals surface area (Å²) in [6.45, 7) is 0.838. The minimum absolute atomic E-state index is 0.308. The maximum absolute atomic E-state index is 12.0. The van der Waals surface area contributed by atoms with Gasteiger partial charge in [0, 0.05) is 6.54 Å². The zero-order valence-electron chi connectivity index (χ0n) is 9.32. The van der Waals surface area contributed by atoms with Crippen LogP contribution in [0.2, 0.25) is 0 Å². The van der Waals surface area contributed by atoms with Crippen LogP contribution in [0.15, 0.2) is 12.4 Å². The fraction of sp³-hybridized carbons (Fsp3) is 0.429. The number of hydrogen-bond donors (Lipinski definition) is 1. The highest BCUT2D eigenvalue weighted by atomic mass is 32.2. The number of hydroxylamine groups is 2. The number of carbonyl (C=O) groups is 1. The third-order valence-corrected chi connectivity index (χ3v) is 3.02. The summed E-state index contributed by atoms with van der Waals surface area (Å²) in [6.07, 6.45) is 3.11. The summed E-state index contributed by atoms with van der Waals surface area (Å²) in [5, 5.41) is 23.7. The Morgan fingerprint density at radius 3 is 3.16 bits per heavy atom. The molecule has 1 unspecified atom stereocenters. The fourth-order valence-electron chi connectivity index (χ4n) is 1.96. The average molecular weight is 288 g/mol. The molecule has 3 heterocycles. The second-order valence-corrected chi connectivity index (χ2v) is 4.15. The van der Waals surface area contributed by atoms with Crippen LogP contribution in [0.1, 0.15) is 0 Å². The predicted molar refractivity (Wildman–Crippen MR) is 58.2 cm³/mol. The van der Waals surface area contributed by atoms with Crippen molar-refractivity contribution in [2.24, 2.45) is 0 Å². The standard InChI is InChI=1S/C7H8N6O5S/c14-7-11-2-5(12(7)16-19-18-17-15)1-6(3-11)13-9-4-8-10-13/h1,4-5,15H,2-3H2. The van der Waals surface area contributed by atoms with E-state index in [9.17, 15) is 4.79 Å². The largest absolute Gasteiger partial charge is 0.346 e. The van der Waals surface area contributed by atoms with Gasteiger partial charge < -0.3 is 4.90 Å². The van der Waals surface area contributed by atoms with Crippen LogP contribution >= 0.6 is 12.3 Å². The molecule has 102 valence electrons. The van der Waals surface area contributed by atoms with Gasteiger partial charge in [0.1, 0.15) is 6.04 Å². The van der Waals surface area contributed by atoms with Gasteiger partial charge in [0.05, 0.1) is 12.2 Å². The summed E-state index contributed by atoms with van der Waals surface area (Å²) in [6, 6.07) is -0.637. The molecular formula is C7H8N6O5S. The van der Waals surface area contributed by atoms with Crippen LogP contribution in [0.25, 0.3) is 5.70 Å². The monoisotopic (exact) mass is 288 g/mol. The molecule has 1 saturated heterocycles. The Kier molecular flexibility index (Phi) is 3.31. The van der Waals surface area contributed by atoms with Crippen molar-refractivity contribution in [3.8, 4) is 0 Å². The Morgan fingerprint density at radius 1 is 1.53 bits per heavy atom. The number of hydrogen-bond acceptors (Lipinski definition) is 9. The van der Waals surface area contributed by atoms with Gasteiger partial charge in [-0.05, 0) is 11.3 Å². The molecule has 19 heavy (non-hydrogen) atoms. The zero-order valence-corrected chi connectivity index (χ0v) is 10.1. The Labute approximate surface area is 110 Å². The lowest BCUT2D eigenvalue weighted by atomic mass is 10.2. The number of amides is 2. The van der Waals surface area contributed by atoms with Crippen molar-refractivity contribution in [3.05, 3.63) is 12.4 Å². The van der Waals surface area contributed by atoms with Crippen LogP contribution in [-0.4, -0.2) is 60.6 Å². The van der Waals surface area contributed by atoms with Crippen LogP contribution in [0.5, 0.6) is 0 Å². The van der Waals surface area contributed by atoms with E-state index in [2.05, 4.69) is 24.8 Å². The van der Waals surface area contributed by atoms with E-state index >= 15 is 0 Å². The van der Waals surface area contributed by atoms with Crippen molar-refractivity contribution < 1.29 is 23.7 Å². The number of aromatic nitrogens is 4. The third-order valence-electron chi connectivity index (χ3n) is 2.68. The molecule has 1 fully saturated rings. The molecule has 0 aromatic carbocycles. The predicted octanol–water partition coefficient (Wildman–Crippen LogP) is -0.450. The first-order chi connectivity index (χ1) is 9.29. The molecule has 2 bridgehead atoms. The van der Waals surface area contributed by atoms with E-state index in [-0.39, 0.29) is 12.1 Å². The molecule has 12 heteroatoms. The number of tetrazole rings is 1. The first-order valence-electron chi connectivity index (χ1n) is 5.13. The van der Waals surface area contributed by atoms with E-state index in [1.807, 2.05) is 0 Å². The summed E-state index contributed by atoms with van der Waals surface area (Å²) >= 11 is 0.328. The molecule has 2 amide bonds. The maximum atomic E-state index is 12.0. The van der Waals surface area contributed by atoms with Gasteiger partial charge in [-0.2, -0.15) is 9.35 Å². The van der Waals surface area contributed by atoms with Gasteiger partial charge in [0.15, 0.2) is 6.33 Å². The van der Waals surface area contributed by atoms with Crippen molar-refractivity contribution in [2.75, 3.05) is 13.1 Å². The molecule has 0 spiro atoms. The Balaban J connectivity index is 1.74. The van der Waals surface area contributed by atoms with E-state index in [0.29, 0.717) is 25.4 Å². The number of rotatable bonds is 5. The molecule has 1 aromatic rings. The summed E-state index contributed by atoms with van der Waals surface area (Å²) in [4.78, 5) is 14.9. The molecule has 3 rings (SSSR count). The topological polar surface area (TPSA) is 115 Å². The van der Waals surface area contributed by atoms with Gasteiger partial charge in [-0.25, -0.2) is 10.1 Å².